The molecular weight excluding hydrogens is 419 g/mol. The summed E-state index contributed by atoms with van der Waals surface area (Å²) in [6, 6.07) is 10.1. The van der Waals surface area contributed by atoms with E-state index in [-0.39, 0.29) is 22.8 Å². The van der Waals surface area contributed by atoms with Gasteiger partial charge in [-0.1, -0.05) is 18.2 Å². The first-order valence-electron chi connectivity index (χ1n) is 8.76. The number of hydrogen-bond acceptors (Lipinski definition) is 7. The number of nitrogens with zero attached hydrogens (tertiary/aromatic N) is 4. The van der Waals surface area contributed by atoms with Crippen LogP contribution in [0.2, 0.25) is 0 Å². The van der Waals surface area contributed by atoms with Gasteiger partial charge in [0, 0.05) is 12.6 Å². The summed E-state index contributed by atoms with van der Waals surface area (Å²) in [4.78, 5) is 17.5. The van der Waals surface area contributed by atoms with Gasteiger partial charge in [0.15, 0.2) is 5.76 Å². The first-order chi connectivity index (χ1) is 14.7. The average Bonchev–Trinajstić information content (AvgIpc) is 3.06. The molecule has 0 bridgehead atoms. The number of tetrazole rings is 1. The van der Waals surface area contributed by atoms with E-state index in [1.165, 1.54) is 32.4 Å². The normalized spacial score (nSPS) is 12.4. The number of allylic oxidation sites excluding steroid dienone is 1. The summed E-state index contributed by atoms with van der Waals surface area (Å²) in [6.45, 7) is 1.59. The van der Waals surface area contributed by atoms with Gasteiger partial charge in [0.05, 0.1) is 18.4 Å². The van der Waals surface area contributed by atoms with Crippen molar-refractivity contribution in [3.63, 3.8) is 0 Å². The van der Waals surface area contributed by atoms with E-state index in [2.05, 4.69) is 15.2 Å². The maximum atomic E-state index is 12.6. The molecule has 0 amide bonds. The van der Waals surface area contributed by atoms with Crippen LogP contribution in [0.5, 0.6) is 11.5 Å². The zero-order valence-corrected chi connectivity index (χ0v) is 16.7. The second-order valence-electron chi connectivity index (χ2n) is 6.30. The molecule has 0 spiro atoms. The van der Waals surface area contributed by atoms with Crippen LogP contribution in [0.3, 0.4) is 0 Å². The molecule has 164 valence electrons. The molecular formula is C19H18F3N5O4. The molecule has 0 fully saturated rings. The van der Waals surface area contributed by atoms with E-state index in [4.69, 9.17) is 15.5 Å². The lowest BCUT2D eigenvalue weighted by atomic mass is 10.00. The largest absolute Gasteiger partial charge is 0.573 e. The summed E-state index contributed by atoms with van der Waals surface area (Å²) in [5.41, 5.74) is 0.669. The number of aryl methyl sites for hydroxylation is 1. The highest BCUT2D eigenvalue weighted by Gasteiger charge is 2.31. The number of alkyl halides is 3. The summed E-state index contributed by atoms with van der Waals surface area (Å²) < 4.78 is 49.2. The molecule has 0 aliphatic heterocycles. The molecule has 9 nitrogen and oxygen atoms in total. The summed E-state index contributed by atoms with van der Waals surface area (Å²) >= 11 is 0. The second kappa shape index (κ2) is 8.52. The number of benzene rings is 2. The molecule has 0 saturated heterocycles. The minimum atomic E-state index is -4.84. The first-order valence-corrected chi connectivity index (χ1v) is 8.76. The molecule has 0 atom stereocenters. The SMILES string of the molecule is COc1cccc(-n2nnn(C)c2=O)c1/C(ON)=C(/C)c1cccc(OC(F)(F)F)c1. The van der Waals surface area contributed by atoms with Crippen molar-refractivity contribution in [2.75, 3.05) is 7.11 Å². The number of aromatic nitrogens is 4. The molecule has 3 rings (SSSR count). The molecule has 31 heavy (non-hydrogen) atoms. The lowest BCUT2D eigenvalue weighted by molar-refractivity contribution is -0.274. The maximum absolute atomic E-state index is 12.6. The van der Waals surface area contributed by atoms with E-state index in [1.807, 2.05) is 0 Å². The minimum Gasteiger partial charge on any atom is -0.496 e. The summed E-state index contributed by atoms with van der Waals surface area (Å²) in [7, 11) is 2.84. The van der Waals surface area contributed by atoms with Crippen molar-refractivity contribution in [2.24, 2.45) is 12.9 Å². The highest BCUT2D eigenvalue weighted by molar-refractivity contribution is 5.91. The molecule has 12 heteroatoms. The molecule has 2 aromatic carbocycles. The molecule has 0 radical (unpaired) electrons. The van der Waals surface area contributed by atoms with Crippen LogP contribution in [-0.4, -0.2) is 33.3 Å². The van der Waals surface area contributed by atoms with E-state index in [0.29, 0.717) is 11.1 Å². The lowest BCUT2D eigenvalue weighted by Gasteiger charge is -2.17. The molecule has 0 aliphatic rings. The number of nitrogens with two attached hydrogens (primary N) is 1. The Bertz CT molecular complexity index is 1180. The van der Waals surface area contributed by atoms with Crippen molar-refractivity contribution in [2.45, 2.75) is 13.3 Å². The molecule has 0 saturated carbocycles. The minimum absolute atomic E-state index is 0.0501. The van der Waals surface area contributed by atoms with Crippen LogP contribution in [0.15, 0.2) is 47.3 Å². The van der Waals surface area contributed by atoms with Gasteiger partial charge >= 0.3 is 12.1 Å². The Hall–Kier alpha value is -3.80. The molecule has 2 N–H and O–H groups in total. The smallest absolute Gasteiger partial charge is 0.496 e. The van der Waals surface area contributed by atoms with Gasteiger partial charge in [-0.2, -0.15) is 15.3 Å². The Morgan fingerprint density at radius 3 is 2.42 bits per heavy atom. The summed E-state index contributed by atoms with van der Waals surface area (Å²) in [5, 5.41) is 7.51. The van der Waals surface area contributed by atoms with Crippen LogP contribution < -0.4 is 21.1 Å². The highest BCUT2D eigenvalue weighted by Crippen LogP contribution is 2.37. The molecule has 1 aromatic heterocycles. The zero-order valence-electron chi connectivity index (χ0n) is 16.7. The van der Waals surface area contributed by atoms with Crippen LogP contribution in [-0.2, 0) is 11.9 Å². The van der Waals surface area contributed by atoms with E-state index < -0.39 is 17.8 Å². The van der Waals surface area contributed by atoms with Crippen molar-refractivity contribution in [3.8, 4) is 17.2 Å². The Kier molecular flexibility index (Phi) is 6.02. The van der Waals surface area contributed by atoms with Gasteiger partial charge in [-0.3, -0.25) is 0 Å². The van der Waals surface area contributed by atoms with Crippen LogP contribution in [0.4, 0.5) is 13.2 Å². The van der Waals surface area contributed by atoms with Gasteiger partial charge in [-0.25, -0.2) is 4.79 Å². The van der Waals surface area contributed by atoms with E-state index >= 15 is 0 Å². The van der Waals surface area contributed by atoms with Gasteiger partial charge in [-0.05, 0) is 47.2 Å². The summed E-state index contributed by atoms with van der Waals surface area (Å²) in [6.07, 6.45) is -4.84. The Morgan fingerprint density at radius 1 is 1.13 bits per heavy atom. The van der Waals surface area contributed by atoms with Crippen molar-refractivity contribution >= 4 is 11.3 Å². The third-order valence-corrected chi connectivity index (χ3v) is 4.36. The molecule has 1 heterocycles. The van der Waals surface area contributed by atoms with Crippen LogP contribution in [0, 0.1) is 0 Å². The predicted molar refractivity (Wildman–Crippen MR) is 104 cm³/mol. The van der Waals surface area contributed by atoms with Gasteiger partial charge in [0.1, 0.15) is 11.5 Å². The number of rotatable bonds is 6. The average molecular weight is 437 g/mol. The van der Waals surface area contributed by atoms with Crippen molar-refractivity contribution in [1.82, 2.24) is 19.8 Å². The quantitative estimate of drug-likeness (QED) is 0.359. The van der Waals surface area contributed by atoms with Gasteiger partial charge in [-0.15, -0.1) is 13.2 Å². The van der Waals surface area contributed by atoms with Crippen LogP contribution in [0.1, 0.15) is 18.1 Å². The van der Waals surface area contributed by atoms with Gasteiger partial charge in [0.25, 0.3) is 0 Å². The van der Waals surface area contributed by atoms with Crippen molar-refractivity contribution < 1.29 is 27.5 Å². The molecule has 0 unspecified atom stereocenters. The van der Waals surface area contributed by atoms with Crippen molar-refractivity contribution in [1.29, 1.82) is 0 Å². The zero-order chi connectivity index (χ0) is 22.8. The van der Waals surface area contributed by atoms with Crippen LogP contribution in [0.25, 0.3) is 17.0 Å². The third-order valence-electron chi connectivity index (χ3n) is 4.36. The highest BCUT2D eigenvalue weighted by atomic mass is 19.4. The fourth-order valence-corrected chi connectivity index (χ4v) is 2.95. The summed E-state index contributed by atoms with van der Waals surface area (Å²) in [5.74, 6) is 5.47. The first kappa shape index (κ1) is 21.9. The monoisotopic (exact) mass is 437 g/mol. The lowest BCUT2D eigenvalue weighted by Crippen LogP contribution is -2.23. The number of halogens is 3. The Balaban J connectivity index is 2.23. The Labute approximate surface area is 174 Å². The van der Waals surface area contributed by atoms with E-state index in [0.717, 1.165) is 9.36 Å². The number of hydrogen-bond donors (Lipinski definition) is 1. The second-order valence-corrected chi connectivity index (χ2v) is 6.30. The molecule has 0 aliphatic carbocycles. The fourth-order valence-electron chi connectivity index (χ4n) is 2.95. The molecule has 3 aromatic rings. The predicted octanol–water partition coefficient (Wildman–Crippen LogP) is 2.65. The fraction of sp³-hybridized carbons (Fsp3) is 0.211. The Morgan fingerprint density at radius 2 is 1.84 bits per heavy atom. The van der Waals surface area contributed by atoms with E-state index in [9.17, 15) is 18.0 Å². The number of methoxy groups -OCH3 is 1. The standard InChI is InChI=1S/C19H18F3N5O4/c1-11(12-6-4-7-13(10-12)30-19(20,21)22)17(31-23)16-14(8-5-9-15(16)29-3)27-18(28)26(2)24-25-27/h4-10H,23H2,1-3H3/b17-11+. The van der Waals surface area contributed by atoms with Gasteiger partial charge < -0.3 is 14.3 Å². The topological polar surface area (TPSA) is 106 Å². The maximum Gasteiger partial charge on any atom is 0.573 e. The number of ether oxygens (including phenoxy) is 2. The third kappa shape index (κ3) is 4.53. The van der Waals surface area contributed by atoms with Crippen molar-refractivity contribution in [3.05, 3.63) is 64.1 Å². The van der Waals surface area contributed by atoms with E-state index in [1.54, 1.807) is 31.2 Å². The van der Waals surface area contributed by atoms with Crippen LogP contribution >= 0.6 is 0 Å². The van der Waals surface area contributed by atoms with Gasteiger partial charge in [0.2, 0.25) is 0 Å².